The maximum Gasteiger partial charge on any atom is 0.316 e. The Morgan fingerprint density at radius 3 is 2.69 bits per heavy atom. The van der Waals surface area contributed by atoms with Crippen LogP contribution in [0.1, 0.15) is 46.9 Å². The number of nitrogens with one attached hydrogen (secondary N) is 1. The van der Waals surface area contributed by atoms with E-state index in [0.29, 0.717) is 16.4 Å². The molecule has 26 heavy (non-hydrogen) atoms. The highest BCUT2D eigenvalue weighted by Gasteiger charge is 2.31. The van der Waals surface area contributed by atoms with Crippen LogP contribution in [-0.4, -0.2) is 22.2 Å². The number of benzene rings is 2. The minimum absolute atomic E-state index is 0.0210. The van der Waals surface area contributed by atoms with Crippen molar-refractivity contribution in [3.63, 3.8) is 0 Å². The van der Waals surface area contributed by atoms with Gasteiger partial charge in [-0.05, 0) is 49.4 Å². The van der Waals surface area contributed by atoms with Crippen molar-refractivity contribution in [2.75, 3.05) is 0 Å². The van der Waals surface area contributed by atoms with E-state index in [1.165, 1.54) is 28.5 Å². The first kappa shape index (κ1) is 18.5. The Labute approximate surface area is 158 Å². The van der Waals surface area contributed by atoms with Crippen molar-refractivity contribution in [3.05, 3.63) is 64.7 Å². The normalized spacial score (nSPS) is 19.7. The number of carbonyl (C=O) groups excluding carboxylic acids is 1. The molecule has 2 aromatic rings. The van der Waals surface area contributed by atoms with Gasteiger partial charge in [-0.3, -0.25) is 9.59 Å². The Kier molecular flexibility index (Phi) is 5.37. The van der Waals surface area contributed by atoms with Gasteiger partial charge in [-0.1, -0.05) is 42.8 Å². The van der Waals surface area contributed by atoms with E-state index >= 15 is 0 Å². The number of hydrogen-bond acceptors (Lipinski definition) is 3. The second-order valence-electron chi connectivity index (χ2n) is 6.93. The summed E-state index contributed by atoms with van der Waals surface area (Å²) in [6.45, 7) is 5.83. The number of carboxylic acids is 1. The monoisotopic (exact) mass is 369 g/mol. The number of carboxylic acid groups (broad SMARTS) is 1. The second kappa shape index (κ2) is 7.54. The molecule has 2 aromatic carbocycles. The summed E-state index contributed by atoms with van der Waals surface area (Å²) in [5.74, 6) is -0.718. The summed E-state index contributed by atoms with van der Waals surface area (Å²) in [5.41, 5.74) is 4.19. The molecule has 1 aliphatic rings. The lowest BCUT2D eigenvalue weighted by Gasteiger charge is -2.20. The summed E-state index contributed by atoms with van der Waals surface area (Å²) in [6.07, 6.45) is 0.951. The molecule has 0 bridgehead atoms. The SMILES string of the molecule is Cc1ccc2c(c1)C(NC(=O)c1ccccc1SC(C)C(=O)O)C(C)C2. The van der Waals surface area contributed by atoms with Crippen LogP contribution in [0.25, 0.3) is 0 Å². The van der Waals surface area contributed by atoms with E-state index in [2.05, 4.69) is 37.4 Å². The molecule has 3 rings (SSSR count). The Bertz CT molecular complexity index is 849. The average Bonchev–Trinajstić information content (AvgIpc) is 2.90. The first-order chi connectivity index (χ1) is 12.4. The molecule has 4 nitrogen and oxygen atoms in total. The molecular formula is C21H23NO3S. The third-order valence-electron chi connectivity index (χ3n) is 4.82. The molecular weight excluding hydrogens is 346 g/mol. The minimum Gasteiger partial charge on any atom is -0.480 e. The molecule has 136 valence electrons. The predicted molar refractivity (Wildman–Crippen MR) is 104 cm³/mol. The number of aliphatic carboxylic acids is 1. The van der Waals surface area contributed by atoms with Gasteiger partial charge < -0.3 is 10.4 Å². The standard InChI is InChI=1S/C21H23NO3S/c1-12-8-9-15-11-13(2)19(17(15)10-12)22-20(23)16-6-4-5-7-18(16)26-14(3)21(24)25/h4-10,13-14,19H,11H2,1-3H3,(H,22,23)(H,24,25). The van der Waals surface area contributed by atoms with E-state index in [4.69, 9.17) is 5.11 Å². The molecule has 0 aromatic heterocycles. The Morgan fingerprint density at radius 2 is 1.96 bits per heavy atom. The molecule has 3 atom stereocenters. The fourth-order valence-corrected chi connectivity index (χ4v) is 4.32. The molecule has 0 fully saturated rings. The number of fused-ring (bicyclic) bond motifs is 1. The van der Waals surface area contributed by atoms with Gasteiger partial charge >= 0.3 is 5.97 Å². The van der Waals surface area contributed by atoms with Crippen molar-refractivity contribution in [2.24, 2.45) is 5.92 Å². The van der Waals surface area contributed by atoms with Crippen molar-refractivity contribution in [3.8, 4) is 0 Å². The van der Waals surface area contributed by atoms with E-state index in [1.54, 1.807) is 25.1 Å². The molecule has 0 saturated carbocycles. The van der Waals surface area contributed by atoms with Crippen LogP contribution in [0.15, 0.2) is 47.4 Å². The van der Waals surface area contributed by atoms with E-state index in [1.807, 2.05) is 6.07 Å². The number of hydrogen-bond donors (Lipinski definition) is 2. The van der Waals surface area contributed by atoms with Gasteiger partial charge in [0.2, 0.25) is 0 Å². The number of carbonyl (C=O) groups is 2. The zero-order chi connectivity index (χ0) is 18.8. The van der Waals surface area contributed by atoms with E-state index < -0.39 is 11.2 Å². The lowest BCUT2D eigenvalue weighted by Crippen LogP contribution is -2.31. The van der Waals surface area contributed by atoms with Crippen molar-refractivity contribution < 1.29 is 14.7 Å². The average molecular weight is 369 g/mol. The van der Waals surface area contributed by atoms with Gasteiger partial charge in [0.25, 0.3) is 5.91 Å². The van der Waals surface area contributed by atoms with Crippen molar-refractivity contribution in [2.45, 2.75) is 43.4 Å². The largest absolute Gasteiger partial charge is 0.480 e. The smallest absolute Gasteiger partial charge is 0.316 e. The summed E-state index contributed by atoms with van der Waals surface area (Å²) in [7, 11) is 0. The zero-order valence-electron chi connectivity index (χ0n) is 15.2. The van der Waals surface area contributed by atoms with Crippen LogP contribution in [0.3, 0.4) is 0 Å². The highest BCUT2D eigenvalue weighted by atomic mass is 32.2. The first-order valence-corrected chi connectivity index (χ1v) is 9.63. The summed E-state index contributed by atoms with van der Waals surface area (Å²) in [5, 5.41) is 11.7. The molecule has 5 heteroatoms. The minimum atomic E-state index is -0.890. The third-order valence-corrected chi connectivity index (χ3v) is 5.98. The Hall–Kier alpha value is -2.27. The van der Waals surface area contributed by atoms with E-state index in [0.717, 1.165) is 6.42 Å². The van der Waals surface area contributed by atoms with Crippen LogP contribution < -0.4 is 5.32 Å². The summed E-state index contributed by atoms with van der Waals surface area (Å²) < 4.78 is 0. The molecule has 2 N–H and O–H groups in total. The number of rotatable bonds is 5. The van der Waals surface area contributed by atoms with Crippen LogP contribution in [0, 0.1) is 12.8 Å². The lowest BCUT2D eigenvalue weighted by molar-refractivity contribution is -0.136. The quantitative estimate of drug-likeness (QED) is 0.774. The zero-order valence-corrected chi connectivity index (χ0v) is 16.0. The summed E-state index contributed by atoms with van der Waals surface area (Å²) in [4.78, 5) is 24.8. The summed E-state index contributed by atoms with van der Waals surface area (Å²) in [6, 6.07) is 13.6. The summed E-state index contributed by atoms with van der Waals surface area (Å²) >= 11 is 1.19. The highest BCUT2D eigenvalue weighted by Crippen LogP contribution is 2.37. The predicted octanol–water partition coefficient (Wildman–Crippen LogP) is 4.22. The molecule has 0 spiro atoms. The fraction of sp³-hybridized carbons (Fsp3) is 0.333. The Balaban J connectivity index is 1.84. The molecule has 0 radical (unpaired) electrons. The van der Waals surface area contributed by atoms with Gasteiger partial charge in [0.15, 0.2) is 0 Å². The highest BCUT2D eigenvalue weighted by molar-refractivity contribution is 8.00. The van der Waals surface area contributed by atoms with Crippen LogP contribution >= 0.6 is 11.8 Å². The van der Waals surface area contributed by atoms with Gasteiger partial charge in [-0.15, -0.1) is 11.8 Å². The molecule has 0 heterocycles. The van der Waals surface area contributed by atoms with Gasteiger partial charge in [0, 0.05) is 4.90 Å². The molecule has 1 amide bonds. The molecule has 3 unspecified atom stereocenters. The maximum absolute atomic E-state index is 12.9. The maximum atomic E-state index is 12.9. The number of amides is 1. The van der Waals surface area contributed by atoms with Gasteiger partial charge in [0.05, 0.1) is 11.6 Å². The first-order valence-electron chi connectivity index (χ1n) is 8.75. The van der Waals surface area contributed by atoms with Crippen molar-refractivity contribution in [1.29, 1.82) is 0 Å². The van der Waals surface area contributed by atoms with Crippen molar-refractivity contribution in [1.82, 2.24) is 5.32 Å². The van der Waals surface area contributed by atoms with Crippen LogP contribution in [0.4, 0.5) is 0 Å². The molecule has 0 saturated heterocycles. The van der Waals surface area contributed by atoms with Gasteiger partial charge in [-0.2, -0.15) is 0 Å². The fourth-order valence-electron chi connectivity index (χ4n) is 3.40. The van der Waals surface area contributed by atoms with Gasteiger partial charge in [-0.25, -0.2) is 0 Å². The Morgan fingerprint density at radius 1 is 1.23 bits per heavy atom. The number of aryl methyl sites for hydroxylation is 1. The van der Waals surface area contributed by atoms with Gasteiger partial charge in [0.1, 0.15) is 5.25 Å². The molecule has 1 aliphatic carbocycles. The van der Waals surface area contributed by atoms with E-state index in [9.17, 15) is 9.59 Å². The lowest BCUT2D eigenvalue weighted by atomic mass is 10.0. The third kappa shape index (κ3) is 3.78. The van der Waals surface area contributed by atoms with Crippen LogP contribution in [-0.2, 0) is 11.2 Å². The number of thioether (sulfide) groups is 1. The second-order valence-corrected chi connectivity index (χ2v) is 8.31. The van der Waals surface area contributed by atoms with Crippen LogP contribution in [0.2, 0.25) is 0 Å². The van der Waals surface area contributed by atoms with Crippen LogP contribution in [0.5, 0.6) is 0 Å². The topological polar surface area (TPSA) is 66.4 Å². The van der Waals surface area contributed by atoms with E-state index in [-0.39, 0.29) is 11.9 Å². The van der Waals surface area contributed by atoms with Crippen molar-refractivity contribution >= 4 is 23.6 Å². The molecule has 0 aliphatic heterocycles.